The van der Waals surface area contributed by atoms with Crippen LogP contribution >= 0.6 is 0 Å². The number of sulfone groups is 1. The highest BCUT2D eigenvalue weighted by Gasteiger charge is 2.28. The largest absolute Gasteiger partial charge is 0.333 e. The zero-order valence-electron chi connectivity index (χ0n) is 12.0. The van der Waals surface area contributed by atoms with E-state index in [1.54, 1.807) is 12.1 Å². The van der Waals surface area contributed by atoms with Crippen LogP contribution in [0.25, 0.3) is 0 Å². The molecule has 1 aliphatic rings. The molecule has 0 bridgehead atoms. The lowest BCUT2D eigenvalue weighted by Crippen LogP contribution is -2.57. The highest BCUT2D eigenvalue weighted by molar-refractivity contribution is 7.90. The minimum atomic E-state index is -3.22. The summed E-state index contributed by atoms with van der Waals surface area (Å²) in [6.07, 6.45) is 1.16. The highest BCUT2D eigenvalue weighted by atomic mass is 32.2. The van der Waals surface area contributed by atoms with Crippen LogP contribution in [0.4, 0.5) is 0 Å². The number of nitrogens with zero attached hydrogens (tertiary/aromatic N) is 1. The predicted molar refractivity (Wildman–Crippen MR) is 77.5 cm³/mol. The van der Waals surface area contributed by atoms with Gasteiger partial charge in [-0.25, -0.2) is 8.42 Å². The molecule has 0 spiro atoms. The lowest BCUT2D eigenvalue weighted by atomic mass is 10.1. The van der Waals surface area contributed by atoms with Gasteiger partial charge < -0.3 is 10.2 Å². The molecule has 2 unspecified atom stereocenters. The van der Waals surface area contributed by atoms with Crippen molar-refractivity contribution >= 4 is 15.7 Å². The second-order valence-electron chi connectivity index (χ2n) is 5.28. The maximum atomic E-state index is 12.5. The Hall–Kier alpha value is -1.40. The van der Waals surface area contributed by atoms with Crippen LogP contribution in [-0.4, -0.2) is 50.7 Å². The summed E-state index contributed by atoms with van der Waals surface area (Å²) >= 11 is 0. The Labute approximate surface area is 119 Å². The minimum absolute atomic E-state index is 0.0501. The van der Waals surface area contributed by atoms with E-state index in [2.05, 4.69) is 12.2 Å². The molecule has 110 valence electrons. The van der Waals surface area contributed by atoms with Crippen molar-refractivity contribution in [2.75, 3.05) is 19.3 Å². The molecule has 0 aliphatic carbocycles. The number of piperazine rings is 1. The van der Waals surface area contributed by atoms with E-state index >= 15 is 0 Å². The lowest BCUT2D eigenvalue weighted by Gasteiger charge is -2.38. The fourth-order valence-electron chi connectivity index (χ4n) is 2.35. The van der Waals surface area contributed by atoms with E-state index in [1.807, 2.05) is 11.8 Å². The van der Waals surface area contributed by atoms with E-state index < -0.39 is 9.84 Å². The van der Waals surface area contributed by atoms with Gasteiger partial charge in [-0.05, 0) is 38.1 Å². The summed E-state index contributed by atoms with van der Waals surface area (Å²) in [5, 5.41) is 3.32. The van der Waals surface area contributed by atoms with E-state index in [-0.39, 0.29) is 22.9 Å². The zero-order chi connectivity index (χ0) is 14.9. The third kappa shape index (κ3) is 3.02. The van der Waals surface area contributed by atoms with E-state index in [1.165, 1.54) is 12.1 Å². The van der Waals surface area contributed by atoms with Crippen LogP contribution in [0.5, 0.6) is 0 Å². The molecule has 1 aromatic rings. The molecule has 2 atom stereocenters. The predicted octanol–water partition coefficient (Wildman–Crippen LogP) is 0.912. The van der Waals surface area contributed by atoms with Gasteiger partial charge in [0.05, 0.1) is 4.90 Å². The van der Waals surface area contributed by atoms with Crippen LogP contribution in [0.3, 0.4) is 0 Å². The fraction of sp³-hybridized carbons (Fsp3) is 0.500. The van der Waals surface area contributed by atoms with Crippen LogP contribution < -0.4 is 5.32 Å². The number of hydrogen-bond acceptors (Lipinski definition) is 4. The first-order valence-corrected chi connectivity index (χ1v) is 8.54. The van der Waals surface area contributed by atoms with Gasteiger partial charge in [0, 0.05) is 37.0 Å². The average molecular weight is 296 g/mol. The fourth-order valence-corrected chi connectivity index (χ4v) is 2.98. The van der Waals surface area contributed by atoms with E-state index in [9.17, 15) is 13.2 Å². The molecule has 5 nitrogen and oxygen atoms in total. The van der Waals surface area contributed by atoms with Gasteiger partial charge in [-0.2, -0.15) is 0 Å². The van der Waals surface area contributed by atoms with E-state index in [0.29, 0.717) is 12.1 Å². The standard InChI is InChI=1S/C14H20N2O3S/c1-10-11(2)16(9-8-15-10)14(17)12-4-6-13(7-5-12)20(3,18)19/h4-7,10-11,15H,8-9H2,1-3H3. The third-order valence-corrected chi connectivity index (χ3v) is 4.95. The Kier molecular flexibility index (Phi) is 4.15. The molecule has 6 heteroatoms. The summed E-state index contributed by atoms with van der Waals surface area (Å²) in [5.74, 6) is -0.0501. The molecule has 1 aliphatic heterocycles. The third-order valence-electron chi connectivity index (χ3n) is 3.82. The molecule has 1 aromatic carbocycles. The minimum Gasteiger partial charge on any atom is -0.333 e. The highest BCUT2D eigenvalue weighted by Crippen LogP contribution is 2.16. The van der Waals surface area contributed by atoms with Gasteiger partial charge in [-0.3, -0.25) is 4.79 Å². The van der Waals surface area contributed by atoms with Crippen LogP contribution in [0.2, 0.25) is 0 Å². The van der Waals surface area contributed by atoms with Crippen molar-refractivity contribution in [1.29, 1.82) is 0 Å². The Morgan fingerprint density at radius 1 is 1.25 bits per heavy atom. The second-order valence-corrected chi connectivity index (χ2v) is 7.29. The van der Waals surface area contributed by atoms with E-state index in [4.69, 9.17) is 0 Å². The molecular weight excluding hydrogens is 276 g/mol. The van der Waals surface area contributed by atoms with Gasteiger partial charge >= 0.3 is 0 Å². The Bertz CT molecular complexity index is 595. The molecule has 20 heavy (non-hydrogen) atoms. The Balaban J connectivity index is 2.21. The van der Waals surface area contributed by atoms with Gasteiger partial charge in [-0.1, -0.05) is 0 Å². The van der Waals surface area contributed by atoms with Gasteiger partial charge in [0.1, 0.15) is 0 Å². The summed E-state index contributed by atoms with van der Waals surface area (Å²) < 4.78 is 22.8. The van der Waals surface area contributed by atoms with Crippen molar-refractivity contribution in [3.8, 4) is 0 Å². The van der Waals surface area contributed by atoms with Crippen LogP contribution in [0, 0.1) is 0 Å². The molecule has 1 amide bonds. The van der Waals surface area contributed by atoms with Gasteiger partial charge in [0.2, 0.25) is 0 Å². The number of benzene rings is 1. The molecule has 1 saturated heterocycles. The normalized spacial score (nSPS) is 23.6. The number of carbonyl (C=O) groups excluding carboxylic acids is 1. The zero-order valence-corrected chi connectivity index (χ0v) is 12.8. The average Bonchev–Trinajstić information content (AvgIpc) is 2.40. The number of carbonyl (C=O) groups is 1. The van der Waals surface area contributed by atoms with Crippen molar-refractivity contribution in [3.05, 3.63) is 29.8 Å². The summed E-state index contributed by atoms with van der Waals surface area (Å²) in [4.78, 5) is 14.5. The Morgan fingerprint density at radius 2 is 1.85 bits per heavy atom. The molecule has 1 heterocycles. The molecule has 0 aromatic heterocycles. The van der Waals surface area contributed by atoms with Gasteiger partial charge in [0.25, 0.3) is 5.91 Å². The molecule has 0 saturated carbocycles. The van der Waals surface area contributed by atoms with Crippen molar-refractivity contribution in [2.45, 2.75) is 30.8 Å². The Morgan fingerprint density at radius 3 is 2.40 bits per heavy atom. The number of nitrogens with one attached hydrogen (secondary N) is 1. The maximum absolute atomic E-state index is 12.5. The van der Waals surface area contributed by atoms with E-state index in [0.717, 1.165) is 12.8 Å². The topological polar surface area (TPSA) is 66.5 Å². The molecule has 1 fully saturated rings. The summed E-state index contributed by atoms with van der Waals surface area (Å²) in [7, 11) is -3.22. The van der Waals surface area contributed by atoms with Crippen molar-refractivity contribution in [1.82, 2.24) is 10.2 Å². The first-order chi connectivity index (χ1) is 9.30. The van der Waals surface area contributed by atoms with Crippen LogP contribution in [-0.2, 0) is 9.84 Å². The van der Waals surface area contributed by atoms with Crippen molar-refractivity contribution in [2.24, 2.45) is 0 Å². The SMILES string of the molecule is CC1NCCN(C(=O)c2ccc(S(C)(=O)=O)cc2)C1C. The first kappa shape index (κ1) is 15.0. The summed E-state index contributed by atoms with van der Waals surface area (Å²) in [6, 6.07) is 6.50. The molecule has 0 radical (unpaired) electrons. The van der Waals surface area contributed by atoms with Gasteiger partial charge in [-0.15, -0.1) is 0 Å². The number of amides is 1. The molecular formula is C14H20N2O3S. The quantitative estimate of drug-likeness (QED) is 0.881. The second kappa shape index (κ2) is 5.54. The monoisotopic (exact) mass is 296 g/mol. The summed E-state index contributed by atoms with van der Waals surface area (Å²) in [6.45, 7) is 5.51. The smallest absolute Gasteiger partial charge is 0.254 e. The van der Waals surface area contributed by atoms with Crippen LogP contribution in [0.1, 0.15) is 24.2 Å². The van der Waals surface area contributed by atoms with Crippen molar-refractivity contribution in [3.63, 3.8) is 0 Å². The first-order valence-electron chi connectivity index (χ1n) is 6.65. The summed E-state index contributed by atoms with van der Waals surface area (Å²) in [5.41, 5.74) is 0.526. The van der Waals surface area contributed by atoms with Crippen molar-refractivity contribution < 1.29 is 13.2 Å². The van der Waals surface area contributed by atoms with Crippen LogP contribution in [0.15, 0.2) is 29.2 Å². The number of rotatable bonds is 2. The van der Waals surface area contributed by atoms with Gasteiger partial charge in [0.15, 0.2) is 9.84 Å². The molecule has 1 N–H and O–H groups in total. The maximum Gasteiger partial charge on any atom is 0.254 e. The lowest BCUT2D eigenvalue weighted by molar-refractivity contribution is 0.0603. The number of hydrogen-bond donors (Lipinski definition) is 1. The molecule has 2 rings (SSSR count).